The Labute approximate surface area is 114 Å². The number of rotatable bonds is 7. The van der Waals surface area contributed by atoms with E-state index in [4.69, 9.17) is 27.5 Å². The van der Waals surface area contributed by atoms with E-state index in [1.807, 2.05) is 38.1 Å². The van der Waals surface area contributed by atoms with Crippen LogP contribution in [0.5, 0.6) is 5.75 Å². The zero-order valence-electron chi connectivity index (χ0n) is 11.0. The Hall–Kier alpha value is -1.22. The number of ether oxygens (including phenoxy) is 1. The molecule has 100 valence electrons. The molecule has 0 aromatic heterocycles. The van der Waals surface area contributed by atoms with Crippen LogP contribution in [0.25, 0.3) is 0 Å². The predicted octanol–water partition coefficient (Wildman–Crippen LogP) is 3.85. The fourth-order valence-electron chi connectivity index (χ4n) is 1.52. The van der Waals surface area contributed by atoms with Crippen molar-refractivity contribution in [2.75, 3.05) is 6.61 Å². The summed E-state index contributed by atoms with van der Waals surface area (Å²) in [7, 11) is 0. The lowest BCUT2D eigenvalue weighted by molar-refractivity contribution is 0.296. The van der Waals surface area contributed by atoms with Crippen molar-refractivity contribution in [1.82, 2.24) is 0 Å². The molecule has 3 N–H and O–H groups in total. The zero-order chi connectivity index (χ0) is 13.6. The minimum Gasteiger partial charge on any atom is -0.494 e. The number of benzene rings is 1. The maximum absolute atomic E-state index is 7.47. The van der Waals surface area contributed by atoms with Crippen molar-refractivity contribution in [3.63, 3.8) is 0 Å². The van der Waals surface area contributed by atoms with E-state index in [1.54, 1.807) is 0 Å². The molecule has 0 fully saturated rings. The lowest BCUT2D eigenvalue weighted by Gasteiger charge is -2.22. The third-order valence-corrected chi connectivity index (χ3v) is 3.26. The van der Waals surface area contributed by atoms with Crippen molar-refractivity contribution in [1.29, 1.82) is 5.41 Å². The minimum absolute atomic E-state index is 0.208. The molecule has 0 atom stereocenters. The standard InChI is InChI=1S/C14H21ClN2O/c1-14(2,13(16)17)9-3-4-10-18-12-7-5-11(15)6-8-12/h5-8H,3-4,9-10H2,1-2H3,(H3,16,17). The summed E-state index contributed by atoms with van der Waals surface area (Å²) < 4.78 is 5.59. The van der Waals surface area contributed by atoms with Crippen LogP contribution in [0.15, 0.2) is 24.3 Å². The first kappa shape index (κ1) is 14.8. The number of unbranched alkanes of at least 4 members (excludes halogenated alkanes) is 1. The second kappa shape index (κ2) is 6.64. The van der Waals surface area contributed by atoms with Gasteiger partial charge >= 0.3 is 0 Å². The van der Waals surface area contributed by atoms with E-state index in [1.165, 1.54) is 0 Å². The molecule has 0 bridgehead atoms. The Balaban J connectivity index is 2.20. The highest BCUT2D eigenvalue weighted by Gasteiger charge is 2.20. The first-order chi connectivity index (χ1) is 8.42. The van der Waals surface area contributed by atoms with E-state index in [9.17, 15) is 0 Å². The number of halogens is 1. The van der Waals surface area contributed by atoms with Gasteiger partial charge in [-0.3, -0.25) is 5.41 Å². The van der Waals surface area contributed by atoms with Gasteiger partial charge in [-0.1, -0.05) is 25.4 Å². The average molecular weight is 269 g/mol. The van der Waals surface area contributed by atoms with E-state index in [0.29, 0.717) is 11.6 Å². The molecule has 1 rings (SSSR count). The molecular weight excluding hydrogens is 248 g/mol. The van der Waals surface area contributed by atoms with Crippen LogP contribution in [0.3, 0.4) is 0 Å². The van der Waals surface area contributed by atoms with Gasteiger partial charge in [0, 0.05) is 10.4 Å². The van der Waals surface area contributed by atoms with Crippen LogP contribution < -0.4 is 10.5 Å². The monoisotopic (exact) mass is 268 g/mol. The molecule has 0 aliphatic carbocycles. The Kier molecular flexibility index (Phi) is 5.48. The fourth-order valence-corrected chi connectivity index (χ4v) is 1.65. The number of amidine groups is 1. The topological polar surface area (TPSA) is 59.1 Å². The lowest BCUT2D eigenvalue weighted by atomic mass is 9.86. The van der Waals surface area contributed by atoms with Gasteiger partial charge < -0.3 is 10.5 Å². The summed E-state index contributed by atoms with van der Waals surface area (Å²) in [5.41, 5.74) is 5.32. The zero-order valence-corrected chi connectivity index (χ0v) is 11.8. The molecule has 1 aromatic rings. The van der Waals surface area contributed by atoms with Gasteiger partial charge in [-0.25, -0.2) is 0 Å². The lowest BCUT2D eigenvalue weighted by Crippen LogP contribution is -2.30. The minimum atomic E-state index is -0.208. The molecular formula is C14H21ClN2O. The first-order valence-corrected chi connectivity index (χ1v) is 6.52. The van der Waals surface area contributed by atoms with Gasteiger partial charge in [0.25, 0.3) is 0 Å². The van der Waals surface area contributed by atoms with Crippen LogP contribution in [0.1, 0.15) is 33.1 Å². The van der Waals surface area contributed by atoms with Crippen LogP contribution in [0, 0.1) is 10.8 Å². The number of hydrogen-bond donors (Lipinski definition) is 2. The Bertz CT molecular complexity index is 387. The second-order valence-electron chi connectivity index (χ2n) is 5.06. The molecule has 0 saturated heterocycles. The molecule has 0 aliphatic rings. The smallest absolute Gasteiger partial charge is 0.119 e. The highest BCUT2D eigenvalue weighted by molar-refractivity contribution is 6.30. The average Bonchev–Trinajstić information content (AvgIpc) is 2.31. The molecule has 0 heterocycles. The Morgan fingerprint density at radius 2 is 1.89 bits per heavy atom. The summed E-state index contributed by atoms with van der Waals surface area (Å²) in [6.45, 7) is 4.67. The van der Waals surface area contributed by atoms with E-state index in [0.717, 1.165) is 25.0 Å². The normalized spacial score (nSPS) is 11.3. The molecule has 0 spiro atoms. The van der Waals surface area contributed by atoms with E-state index in [-0.39, 0.29) is 11.3 Å². The Morgan fingerprint density at radius 3 is 2.44 bits per heavy atom. The van der Waals surface area contributed by atoms with Gasteiger partial charge in [0.05, 0.1) is 12.4 Å². The molecule has 0 aliphatic heterocycles. The van der Waals surface area contributed by atoms with Crippen molar-refractivity contribution in [3.8, 4) is 5.75 Å². The molecule has 0 unspecified atom stereocenters. The van der Waals surface area contributed by atoms with Gasteiger partial charge in [0.2, 0.25) is 0 Å². The van der Waals surface area contributed by atoms with Gasteiger partial charge in [-0.15, -0.1) is 0 Å². The van der Waals surface area contributed by atoms with Crippen molar-refractivity contribution >= 4 is 17.4 Å². The van der Waals surface area contributed by atoms with Crippen LogP contribution in [-0.4, -0.2) is 12.4 Å². The summed E-state index contributed by atoms with van der Waals surface area (Å²) in [5, 5.41) is 8.18. The predicted molar refractivity (Wildman–Crippen MR) is 76.5 cm³/mol. The van der Waals surface area contributed by atoms with Crippen molar-refractivity contribution < 1.29 is 4.74 Å². The maximum Gasteiger partial charge on any atom is 0.119 e. The maximum atomic E-state index is 7.47. The second-order valence-corrected chi connectivity index (χ2v) is 5.49. The number of hydrogen-bond acceptors (Lipinski definition) is 2. The van der Waals surface area contributed by atoms with Gasteiger partial charge in [0.15, 0.2) is 0 Å². The SMILES string of the molecule is CC(C)(CCCCOc1ccc(Cl)cc1)C(=N)N. The van der Waals surface area contributed by atoms with Crippen LogP contribution in [-0.2, 0) is 0 Å². The van der Waals surface area contributed by atoms with Crippen molar-refractivity contribution in [3.05, 3.63) is 29.3 Å². The van der Waals surface area contributed by atoms with E-state index in [2.05, 4.69) is 0 Å². The molecule has 3 nitrogen and oxygen atoms in total. The largest absolute Gasteiger partial charge is 0.494 e. The number of nitrogens with one attached hydrogen (secondary N) is 1. The summed E-state index contributed by atoms with van der Waals surface area (Å²) in [5.74, 6) is 1.09. The van der Waals surface area contributed by atoms with Crippen molar-refractivity contribution in [2.24, 2.45) is 11.1 Å². The highest BCUT2D eigenvalue weighted by atomic mass is 35.5. The van der Waals surface area contributed by atoms with Crippen LogP contribution in [0.4, 0.5) is 0 Å². The highest BCUT2D eigenvalue weighted by Crippen LogP contribution is 2.23. The summed E-state index contributed by atoms with van der Waals surface area (Å²) in [6.07, 6.45) is 2.87. The van der Waals surface area contributed by atoms with Gasteiger partial charge in [0.1, 0.15) is 5.75 Å². The van der Waals surface area contributed by atoms with Crippen molar-refractivity contribution in [2.45, 2.75) is 33.1 Å². The van der Waals surface area contributed by atoms with Gasteiger partial charge in [-0.05, 0) is 43.5 Å². The Morgan fingerprint density at radius 1 is 1.28 bits per heavy atom. The summed E-state index contributed by atoms with van der Waals surface area (Å²) >= 11 is 5.79. The fraction of sp³-hybridized carbons (Fsp3) is 0.500. The molecule has 0 saturated carbocycles. The first-order valence-electron chi connectivity index (χ1n) is 6.15. The molecule has 0 amide bonds. The summed E-state index contributed by atoms with van der Waals surface area (Å²) in [6, 6.07) is 7.36. The third-order valence-electron chi connectivity index (χ3n) is 3.01. The summed E-state index contributed by atoms with van der Waals surface area (Å²) in [4.78, 5) is 0. The van der Waals surface area contributed by atoms with E-state index >= 15 is 0 Å². The molecule has 18 heavy (non-hydrogen) atoms. The molecule has 1 aromatic carbocycles. The third kappa shape index (κ3) is 4.96. The van der Waals surface area contributed by atoms with Crippen LogP contribution in [0.2, 0.25) is 5.02 Å². The van der Waals surface area contributed by atoms with Crippen LogP contribution >= 0.6 is 11.6 Å². The molecule has 0 radical (unpaired) electrons. The quantitative estimate of drug-likeness (QED) is 0.448. The van der Waals surface area contributed by atoms with E-state index < -0.39 is 0 Å². The molecule has 4 heteroatoms. The van der Waals surface area contributed by atoms with Gasteiger partial charge in [-0.2, -0.15) is 0 Å². The number of nitrogens with two attached hydrogens (primary N) is 1.